The molecule has 0 aliphatic heterocycles. The monoisotopic (exact) mass is 298 g/mol. The Labute approximate surface area is 96.8 Å². The Balaban J connectivity index is 2.76. The van der Waals surface area contributed by atoms with Crippen molar-refractivity contribution >= 4 is 22.6 Å². The molecular weight excluding hydrogens is 275 g/mol. The van der Waals surface area contributed by atoms with E-state index >= 15 is 0 Å². The fraction of sp³-hybridized carbons (Fsp3) is 1.00. The lowest BCUT2D eigenvalue weighted by atomic mass is 10.1. The SMILES string of the molecule is CCCCCCCCCCOCI. The molecule has 0 aromatic carbocycles. The standard InChI is InChI=1S/C11H23IO/c1-2-3-4-5-6-7-8-9-10-13-11-12/h2-11H2,1H3. The molecule has 0 rings (SSSR count). The Hall–Kier alpha value is 0.690. The maximum atomic E-state index is 5.27. The molecule has 0 radical (unpaired) electrons. The molecule has 0 amide bonds. The molecule has 13 heavy (non-hydrogen) atoms. The van der Waals surface area contributed by atoms with Gasteiger partial charge in [0.25, 0.3) is 0 Å². The number of ether oxygens (including phenoxy) is 1. The smallest absolute Gasteiger partial charge is 0.0979 e. The maximum absolute atomic E-state index is 5.27. The molecule has 0 spiro atoms. The van der Waals surface area contributed by atoms with Crippen molar-refractivity contribution in [2.45, 2.75) is 58.3 Å². The van der Waals surface area contributed by atoms with Crippen LogP contribution in [-0.4, -0.2) is 11.2 Å². The van der Waals surface area contributed by atoms with Gasteiger partial charge in [-0.05, 0) is 6.42 Å². The van der Waals surface area contributed by atoms with Crippen molar-refractivity contribution in [1.82, 2.24) is 0 Å². The summed E-state index contributed by atoms with van der Waals surface area (Å²) in [4.78, 5) is 0. The zero-order chi connectivity index (χ0) is 9.78. The van der Waals surface area contributed by atoms with Crippen molar-refractivity contribution in [1.29, 1.82) is 0 Å². The van der Waals surface area contributed by atoms with Gasteiger partial charge in [0, 0.05) is 6.61 Å². The maximum Gasteiger partial charge on any atom is 0.0979 e. The van der Waals surface area contributed by atoms with Gasteiger partial charge >= 0.3 is 0 Å². The lowest BCUT2D eigenvalue weighted by Gasteiger charge is -2.01. The molecule has 0 saturated carbocycles. The van der Waals surface area contributed by atoms with E-state index in [-0.39, 0.29) is 0 Å². The fourth-order valence-corrected chi connectivity index (χ4v) is 1.70. The highest BCUT2D eigenvalue weighted by atomic mass is 127. The Morgan fingerprint density at radius 2 is 1.38 bits per heavy atom. The van der Waals surface area contributed by atoms with E-state index < -0.39 is 0 Å². The van der Waals surface area contributed by atoms with Crippen LogP contribution in [0.2, 0.25) is 0 Å². The van der Waals surface area contributed by atoms with Crippen LogP contribution < -0.4 is 0 Å². The molecule has 2 heteroatoms. The molecule has 0 aromatic heterocycles. The highest BCUT2D eigenvalue weighted by molar-refractivity contribution is 14.1. The Bertz CT molecular complexity index is 76.2. The van der Waals surface area contributed by atoms with E-state index in [1.165, 1.54) is 51.4 Å². The van der Waals surface area contributed by atoms with E-state index in [4.69, 9.17) is 4.74 Å². The zero-order valence-corrected chi connectivity index (χ0v) is 11.0. The van der Waals surface area contributed by atoms with Crippen molar-refractivity contribution in [2.24, 2.45) is 0 Å². The lowest BCUT2D eigenvalue weighted by Crippen LogP contribution is -1.91. The summed E-state index contributed by atoms with van der Waals surface area (Å²) < 4.78 is 6.11. The van der Waals surface area contributed by atoms with Crippen molar-refractivity contribution in [3.8, 4) is 0 Å². The fourth-order valence-electron chi connectivity index (χ4n) is 1.39. The van der Waals surface area contributed by atoms with Gasteiger partial charge in [-0.15, -0.1) is 0 Å². The third-order valence-electron chi connectivity index (χ3n) is 2.22. The second-order valence-corrected chi connectivity index (χ2v) is 4.12. The van der Waals surface area contributed by atoms with E-state index in [0.29, 0.717) is 0 Å². The number of rotatable bonds is 10. The first kappa shape index (κ1) is 13.7. The van der Waals surface area contributed by atoms with Crippen LogP contribution in [0.5, 0.6) is 0 Å². The molecular formula is C11H23IO. The zero-order valence-electron chi connectivity index (χ0n) is 8.86. The van der Waals surface area contributed by atoms with Crippen LogP contribution in [0.15, 0.2) is 0 Å². The molecule has 0 N–H and O–H groups in total. The highest BCUT2D eigenvalue weighted by Crippen LogP contribution is 2.08. The average Bonchev–Trinajstić information content (AvgIpc) is 2.16. The van der Waals surface area contributed by atoms with Crippen molar-refractivity contribution < 1.29 is 4.74 Å². The molecule has 80 valence electrons. The summed E-state index contributed by atoms with van der Waals surface area (Å²) in [6.45, 7) is 3.22. The van der Waals surface area contributed by atoms with Gasteiger partial charge in [-0.2, -0.15) is 0 Å². The van der Waals surface area contributed by atoms with Gasteiger partial charge in [0.05, 0.1) is 4.61 Å². The first-order valence-electron chi connectivity index (χ1n) is 5.55. The second kappa shape index (κ2) is 12.7. The molecule has 0 aliphatic carbocycles. The molecule has 0 fully saturated rings. The topological polar surface area (TPSA) is 9.23 Å². The summed E-state index contributed by atoms with van der Waals surface area (Å²) in [5, 5.41) is 0. The van der Waals surface area contributed by atoms with Crippen LogP contribution in [0.25, 0.3) is 0 Å². The predicted octanol–water partition coefficient (Wildman–Crippen LogP) is 4.54. The van der Waals surface area contributed by atoms with Crippen molar-refractivity contribution in [3.05, 3.63) is 0 Å². The third-order valence-corrected chi connectivity index (χ3v) is 2.66. The van der Waals surface area contributed by atoms with Crippen LogP contribution in [0.3, 0.4) is 0 Å². The molecule has 0 aliphatic rings. The van der Waals surface area contributed by atoms with E-state index in [1.54, 1.807) is 0 Å². The lowest BCUT2D eigenvalue weighted by molar-refractivity contribution is 0.184. The van der Waals surface area contributed by atoms with Crippen LogP contribution in [0.4, 0.5) is 0 Å². The second-order valence-electron chi connectivity index (χ2n) is 3.49. The Morgan fingerprint density at radius 3 is 1.92 bits per heavy atom. The predicted molar refractivity (Wildman–Crippen MR) is 67.4 cm³/mol. The van der Waals surface area contributed by atoms with E-state index in [2.05, 4.69) is 29.5 Å². The first-order chi connectivity index (χ1) is 6.41. The van der Waals surface area contributed by atoms with Crippen molar-refractivity contribution in [2.75, 3.05) is 11.2 Å². The summed E-state index contributed by atoms with van der Waals surface area (Å²) in [6, 6.07) is 0. The number of alkyl halides is 1. The normalized spacial score (nSPS) is 10.6. The van der Waals surface area contributed by atoms with Gasteiger partial charge < -0.3 is 4.74 Å². The van der Waals surface area contributed by atoms with Crippen molar-refractivity contribution in [3.63, 3.8) is 0 Å². The Morgan fingerprint density at radius 1 is 0.846 bits per heavy atom. The van der Waals surface area contributed by atoms with Gasteiger partial charge in [0.2, 0.25) is 0 Å². The first-order valence-corrected chi connectivity index (χ1v) is 7.08. The van der Waals surface area contributed by atoms with Crippen LogP contribution in [0, 0.1) is 0 Å². The Kier molecular flexibility index (Phi) is 13.4. The minimum atomic E-state index is 0.842. The van der Waals surface area contributed by atoms with Gasteiger partial charge in [-0.25, -0.2) is 0 Å². The van der Waals surface area contributed by atoms with Gasteiger partial charge in [0.15, 0.2) is 0 Å². The largest absolute Gasteiger partial charge is 0.371 e. The number of hydrogen-bond donors (Lipinski definition) is 0. The summed E-state index contributed by atoms with van der Waals surface area (Å²) >= 11 is 2.25. The minimum Gasteiger partial charge on any atom is -0.371 e. The van der Waals surface area contributed by atoms with Gasteiger partial charge in [0.1, 0.15) is 0 Å². The molecule has 0 unspecified atom stereocenters. The van der Waals surface area contributed by atoms with E-state index in [9.17, 15) is 0 Å². The van der Waals surface area contributed by atoms with Gasteiger partial charge in [-0.1, -0.05) is 74.5 Å². The highest BCUT2D eigenvalue weighted by Gasteiger charge is 1.91. The summed E-state index contributed by atoms with van der Waals surface area (Å²) in [5.74, 6) is 0. The molecule has 0 atom stereocenters. The molecule has 1 nitrogen and oxygen atoms in total. The molecule has 0 aromatic rings. The quantitative estimate of drug-likeness (QED) is 0.327. The summed E-state index contributed by atoms with van der Waals surface area (Å²) in [6.07, 6.45) is 11.0. The third kappa shape index (κ3) is 12.7. The molecule has 0 heterocycles. The minimum absolute atomic E-state index is 0.842. The van der Waals surface area contributed by atoms with Crippen LogP contribution in [0.1, 0.15) is 58.3 Å². The number of unbranched alkanes of at least 4 members (excludes halogenated alkanes) is 7. The number of hydrogen-bond acceptors (Lipinski definition) is 1. The van der Waals surface area contributed by atoms with Crippen LogP contribution in [-0.2, 0) is 4.74 Å². The average molecular weight is 298 g/mol. The van der Waals surface area contributed by atoms with Crippen LogP contribution >= 0.6 is 22.6 Å². The van der Waals surface area contributed by atoms with E-state index in [1.807, 2.05) is 0 Å². The van der Waals surface area contributed by atoms with E-state index in [0.717, 1.165) is 11.2 Å². The summed E-state index contributed by atoms with van der Waals surface area (Å²) in [7, 11) is 0. The molecule has 0 saturated heterocycles. The number of halogens is 1. The molecule has 0 bridgehead atoms. The summed E-state index contributed by atoms with van der Waals surface area (Å²) in [5.41, 5.74) is 0. The van der Waals surface area contributed by atoms with Gasteiger partial charge in [-0.3, -0.25) is 0 Å².